The molecule has 0 fully saturated rings. The fourth-order valence-electron chi connectivity index (χ4n) is 1.12. The van der Waals surface area contributed by atoms with E-state index in [-0.39, 0.29) is 0 Å². The van der Waals surface area contributed by atoms with Crippen molar-refractivity contribution in [1.29, 1.82) is 0 Å². The van der Waals surface area contributed by atoms with E-state index in [1.165, 1.54) is 12.8 Å². The molecule has 0 rings (SSSR count). The maximum absolute atomic E-state index is 12.1. The van der Waals surface area contributed by atoms with Crippen LogP contribution in [0.4, 0.5) is 0 Å². The van der Waals surface area contributed by atoms with Gasteiger partial charge in [0.25, 0.3) is 0 Å². The Kier molecular flexibility index (Phi) is 7.96. The lowest BCUT2D eigenvalue weighted by atomic mass is 10.4. The monoisotopic (exact) mass is 302 g/mol. The van der Waals surface area contributed by atoms with Gasteiger partial charge in [0.05, 0.1) is 11.3 Å². The van der Waals surface area contributed by atoms with Crippen molar-refractivity contribution in [2.75, 3.05) is 16.5 Å². The summed E-state index contributed by atoms with van der Waals surface area (Å²) in [6, 6.07) is 0. The lowest BCUT2D eigenvalue weighted by molar-refractivity contribution is 0.573. The summed E-state index contributed by atoms with van der Waals surface area (Å²) in [5.41, 5.74) is 0. The highest BCUT2D eigenvalue weighted by molar-refractivity contribution is 14.1. The highest BCUT2D eigenvalue weighted by Crippen LogP contribution is 2.48. The Morgan fingerprint density at radius 3 is 1.75 bits per heavy atom. The molecule has 0 unspecified atom stereocenters. The molecule has 74 valence electrons. The molecule has 0 aliphatic carbocycles. The third-order valence-electron chi connectivity index (χ3n) is 2.06. The Morgan fingerprint density at radius 1 is 1.08 bits per heavy atom. The first-order valence-electron chi connectivity index (χ1n) is 4.81. The van der Waals surface area contributed by atoms with Crippen molar-refractivity contribution in [3.05, 3.63) is 0 Å². The molecule has 0 atom stereocenters. The number of unbranched alkanes of at least 4 members (excludes halogenated alkanes) is 2. The standard InChI is InChI=1S/C9H20IOP/c1-3-5-7-12(11,9-10)8-6-4-2/h3-9H2,1-2H3. The van der Waals surface area contributed by atoms with Crippen molar-refractivity contribution in [2.24, 2.45) is 0 Å². The lowest BCUT2D eigenvalue weighted by Gasteiger charge is -2.14. The summed E-state index contributed by atoms with van der Waals surface area (Å²) in [6.45, 7) is 4.33. The first-order chi connectivity index (χ1) is 5.68. The summed E-state index contributed by atoms with van der Waals surface area (Å²) in [7, 11) is -1.75. The normalized spacial score (nSPS) is 11.9. The van der Waals surface area contributed by atoms with Crippen molar-refractivity contribution >= 4 is 29.7 Å². The second kappa shape index (κ2) is 7.37. The summed E-state index contributed by atoms with van der Waals surface area (Å²) in [5, 5.41) is 0. The van der Waals surface area contributed by atoms with Gasteiger partial charge in [-0.05, 0) is 12.8 Å². The molecule has 0 N–H and O–H groups in total. The largest absolute Gasteiger partial charge is 0.323 e. The molecule has 0 aliphatic heterocycles. The van der Waals surface area contributed by atoms with Gasteiger partial charge in [-0.2, -0.15) is 0 Å². The molecule has 0 aliphatic rings. The van der Waals surface area contributed by atoms with Crippen LogP contribution in [0, 0.1) is 0 Å². The molecule has 0 bridgehead atoms. The highest BCUT2D eigenvalue weighted by atomic mass is 127. The number of hydrogen-bond donors (Lipinski definition) is 0. The smallest absolute Gasteiger partial charge is 0.0970 e. The Hall–Kier alpha value is 0.960. The number of rotatable bonds is 7. The van der Waals surface area contributed by atoms with E-state index in [4.69, 9.17) is 0 Å². The third-order valence-corrected chi connectivity index (χ3v) is 8.48. The van der Waals surface area contributed by atoms with Gasteiger partial charge in [-0.25, -0.2) is 0 Å². The summed E-state index contributed by atoms with van der Waals surface area (Å²) in [4.78, 5) is 0. The lowest BCUT2D eigenvalue weighted by Crippen LogP contribution is -1.96. The van der Waals surface area contributed by atoms with Gasteiger partial charge in [-0.1, -0.05) is 49.3 Å². The molecule has 3 heteroatoms. The molecule has 0 spiro atoms. The first kappa shape index (κ1) is 13.0. The minimum absolute atomic E-state index is 0.880. The minimum atomic E-state index is -1.75. The van der Waals surface area contributed by atoms with Gasteiger partial charge >= 0.3 is 0 Å². The van der Waals surface area contributed by atoms with Crippen molar-refractivity contribution in [2.45, 2.75) is 39.5 Å². The van der Waals surface area contributed by atoms with E-state index in [2.05, 4.69) is 36.4 Å². The summed E-state index contributed by atoms with van der Waals surface area (Å²) in [6.07, 6.45) is 6.59. The average molecular weight is 302 g/mol. The van der Waals surface area contributed by atoms with E-state index in [0.717, 1.165) is 29.3 Å². The van der Waals surface area contributed by atoms with Gasteiger partial charge in [0.15, 0.2) is 0 Å². The molecule has 0 saturated heterocycles. The van der Waals surface area contributed by atoms with E-state index in [1.54, 1.807) is 0 Å². The van der Waals surface area contributed by atoms with Crippen LogP contribution in [0.5, 0.6) is 0 Å². The van der Waals surface area contributed by atoms with Gasteiger partial charge in [-0.3, -0.25) is 0 Å². The quantitative estimate of drug-likeness (QED) is 0.388. The van der Waals surface area contributed by atoms with Crippen molar-refractivity contribution in [3.63, 3.8) is 0 Å². The summed E-state index contributed by atoms with van der Waals surface area (Å²) < 4.78 is 13.0. The minimum Gasteiger partial charge on any atom is -0.323 e. The fraction of sp³-hybridized carbons (Fsp3) is 1.00. The van der Waals surface area contributed by atoms with E-state index in [1.807, 2.05) is 0 Å². The van der Waals surface area contributed by atoms with Crippen LogP contribution >= 0.6 is 29.7 Å². The van der Waals surface area contributed by atoms with Crippen LogP contribution in [0.1, 0.15) is 39.5 Å². The average Bonchev–Trinajstić information content (AvgIpc) is 2.11. The van der Waals surface area contributed by atoms with Crippen LogP contribution in [0.2, 0.25) is 0 Å². The molecule has 0 amide bonds. The Labute approximate surface area is 90.2 Å². The van der Waals surface area contributed by atoms with Crippen LogP contribution in [0.25, 0.3) is 0 Å². The molecule has 1 nitrogen and oxygen atoms in total. The fourth-order valence-corrected chi connectivity index (χ4v) is 5.42. The number of hydrogen-bond acceptors (Lipinski definition) is 1. The molecule has 0 aromatic heterocycles. The Morgan fingerprint density at radius 2 is 1.50 bits per heavy atom. The number of alkyl halides is 1. The third kappa shape index (κ3) is 5.58. The van der Waals surface area contributed by atoms with Crippen LogP contribution in [0.15, 0.2) is 0 Å². The van der Waals surface area contributed by atoms with Gasteiger partial charge in [0, 0.05) is 12.3 Å². The zero-order valence-corrected chi connectivity index (χ0v) is 11.2. The molecule has 0 saturated carbocycles. The zero-order chi connectivity index (χ0) is 9.45. The van der Waals surface area contributed by atoms with E-state index < -0.39 is 7.14 Å². The van der Waals surface area contributed by atoms with Gasteiger partial charge < -0.3 is 4.57 Å². The molecular weight excluding hydrogens is 282 g/mol. The molecule has 0 aromatic carbocycles. The topological polar surface area (TPSA) is 17.1 Å². The second-order valence-corrected chi connectivity index (χ2v) is 8.63. The van der Waals surface area contributed by atoms with Crippen molar-refractivity contribution < 1.29 is 4.57 Å². The molecular formula is C9H20IOP. The second-order valence-electron chi connectivity index (χ2n) is 3.33. The highest BCUT2D eigenvalue weighted by Gasteiger charge is 2.18. The Balaban J connectivity index is 3.79. The van der Waals surface area contributed by atoms with Crippen LogP contribution < -0.4 is 0 Å². The molecule has 0 aromatic rings. The molecule has 0 radical (unpaired) electrons. The number of halogens is 1. The van der Waals surface area contributed by atoms with Crippen LogP contribution in [-0.2, 0) is 4.57 Å². The van der Waals surface area contributed by atoms with E-state index in [9.17, 15) is 4.57 Å². The van der Waals surface area contributed by atoms with Crippen LogP contribution in [-0.4, -0.2) is 16.5 Å². The predicted molar refractivity (Wildman–Crippen MR) is 66.0 cm³/mol. The summed E-state index contributed by atoms with van der Waals surface area (Å²) >= 11 is 2.28. The predicted octanol–water partition coefficient (Wildman–Crippen LogP) is 4.34. The zero-order valence-electron chi connectivity index (χ0n) is 8.18. The van der Waals surface area contributed by atoms with E-state index >= 15 is 0 Å². The van der Waals surface area contributed by atoms with Gasteiger partial charge in [0.2, 0.25) is 0 Å². The van der Waals surface area contributed by atoms with Crippen LogP contribution in [0.3, 0.4) is 0 Å². The Bertz CT molecular complexity index is 135. The van der Waals surface area contributed by atoms with Crippen molar-refractivity contribution in [1.82, 2.24) is 0 Å². The van der Waals surface area contributed by atoms with Gasteiger partial charge in [0.1, 0.15) is 0 Å². The molecule has 12 heavy (non-hydrogen) atoms. The maximum Gasteiger partial charge on any atom is 0.0970 e. The SMILES string of the molecule is CCCCP(=O)(CI)CCCC. The van der Waals surface area contributed by atoms with E-state index in [0.29, 0.717) is 0 Å². The maximum atomic E-state index is 12.1. The summed E-state index contributed by atoms with van der Waals surface area (Å²) in [5.74, 6) is 0. The van der Waals surface area contributed by atoms with Gasteiger partial charge in [-0.15, -0.1) is 0 Å². The van der Waals surface area contributed by atoms with Crippen molar-refractivity contribution in [3.8, 4) is 0 Å². The molecule has 0 heterocycles. The first-order valence-corrected chi connectivity index (χ1v) is 8.60.